The van der Waals surface area contributed by atoms with Gasteiger partial charge in [-0.15, -0.1) is 0 Å². The molecule has 0 radical (unpaired) electrons. The molecule has 17 heavy (non-hydrogen) atoms. The highest BCUT2D eigenvalue weighted by molar-refractivity contribution is 5.82. The Labute approximate surface area is 99.2 Å². The third-order valence-corrected chi connectivity index (χ3v) is 2.79. The van der Waals surface area contributed by atoms with Gasteiger partial charge in [-0.05, 0) is 24.1 Å². The molecule has 2 aromatic rings. The van der Waals surface area contributed by atoms with E-state index in [1.54, 1.807) is 24.4 Å². The number of aromatic nitrogens is 1. The molecule has 0 aliphatic carbocycles. The molecule has 1 aromatic carbocycles. The number of pyridine rings is 1. The second-order valence-corrected chi connectivity index (χ2v) is 3.94. The van der Waals surface area contributed by atoms with Gasteiger partial charge >= 0.3 is 0 Å². The van der Waals surface area contributed by atoms with Gasteiger partial charge < -0.3 is 15.3 Å². The van der Waals surface area contributed by atoms with Crippen LogP contribution < -0.4 is 0 Å². The van der Waals surface area contributed by atoms with Crippen LogP contribution in [0, 0.1) is 0 Å². The first-order valence-electron chi connectivity index (χ1n) is 5.54. The fourth-order valence-corrected chi connectivity index (χ4v) is 1.88. The highest BCUT2D eigenvalue weighted by Gasteiger charge is 2.19. The van der Waals surface area contributed by atoms with E-state index in [-0.39, 0.29) is 13.0 Å². The first kappa shape index (κ1) is 12.0. The van der Waals surface area contributed by atoms with Crippen LogP contribution in [0.5, 0.6) is 0 Å². The molecule has 90 valence electrons. The van der Waals surface area contributed by atoms with E-state index >= 15 is 0 Å². The van der Waals surface area contributed by atoms with Gasteiger partial charge in [0.2, 0.25) is 0 Å². The molecule has 0 saturated heterocycles. The van der Waals surface area contributed by atoms with Crippen molar-refractivity contribution in [3.8, 4) is 0 Å². The molecule has 1 aromatic heterocycles. The molecule has 2 atom stereocenters. The van der Waals surface area contributed by atoms with Crippen LogP contribution >= 0.6 is 0 Å². The van der Waals surface area contributed by atoms with Crippen molar-refractivity contribution in [2.45, 2.75) is 18.6 Å². The van der Waals surface area contributed by atoms with Gasteiger partial charge in [-0.3, -0.25) is 4.98 Å². The Kier molecular flexibility index (Phi) is 3.68. The van der Waals surface area contributed by atoms with E-state index in [9.17, 15) is 10.2 Å². The van der Waals surface area contributed by atoms with Crippen molar-refractivity contribution in [1.29, 1.82) is 0 Å². The summed E-state index contributed by atoms with van der Waals surface area (Å²) in [6, 6.07) is 9.04. The summed E-state index contributed by atoms with van der Waals surface area (Å²) in [5.41, 5.74) is 1.41. The maximum atomic E-state index is 10.0. The maximum Gasteiger partial charge on any atom is 0.106 e. The van der Waals surface area contributed by atoms with Gasteiger partial charge in [-0.2, -0.15) is 0 Å². The summed E-state index contributed by atoms with van der Waals surface area (Å²) in [5, 5.41) is 29.3. The lowest BCUT2D eigenvalue weighted by atomic mass is 9.98. The summed E-state index contributed by atoms with van der Waals surface area (Å²) in [7, 11) is 0. The van der Waals surface area contributed by atoms with Crippen LogP contribution in [0.3, 0.4) is 0 Å². The molecular weight excluding hydrogens is 218 g/mol. The summed E-state index contributed by atoms with van der Waals surface area (Å²) >= 11 is 0. The second-order valence-electron chi connectivity index (χ2n) is 3.94. The van der Waals surface area contributed by atoms with Gasteiger partial charge in [0.1, 0.15) is 6.10 Å². The van der Waals surface area contributed by atoms with Gasteiger partial charge in [0.05, 0.1) is 11.6 Å². The van der Waals surface area contributed by atoms with Crippen LogP contribution in [0.1, 0.15) is 18.1 Å². The fourth-order valence-electron chi connectivity index (χ4n) is 1.88. The van der Waals surface area contributed by atoms with E-state index in [1.165, 1.54) is 0 Å². The number of hydrogen-bond donors (Lipinski definition) is 3. The number of aliphatic hydroxyl groups is 3. The van der Waals surface area contributed by atoms with E-state index in [0.29, 0.717) is 5.56 Å². The fraction of sp³-hybridized carbons (Fsp3) is 0.308. The Morgan fingerprint density at radius 3 is 2.71 bits per heavy atom. The lowest BCUT2D eigenvalue weighted by Crippen LogP contribution is -2.19. The molecule has 4 heteroatoms. The normalized spacial score (nSPS) is 14.8. The molecule has 0 aliphatic heterocycles. The molecule has 0 fully saturated rings. The average molecular weight is 233 g/mol. The highest BCUT2D eigenvalue weighted by Crippen LogP contribution is 2.26. The van der Waals surface area contributed by atoms with Crippen molar-refractivity contribution < 1.29 is 15.3 Å². The summed E-state index contributed by atoms with van der Waals surface area (Å²) in [6.07, 6.45) is -0.138. The highest BCUT2D eigenvalue weighted by atomic mass is 16.3. The second kappa shape index (κ2) is 5.23. The van der Waals surface area contributed by atoms with Crippen molar-refractivity contribution >= 4 is 10.9 Å². The lowest BCUT2D eigenvalue weighted by molar-refractivity contribution is 0.00500. The zero-order valence-electron chi connectivity index (χ0n) is 9.32. The third-order valence-electron chi connectivity index (χ3n) is 2.79. The minimum atomic E-state index is -1.00. The summed E-state index contributed by atoms with van der Waals surface area (Å²) in [4.78, 5) is 4.19. The Bertz CT molecular complexity index is 495. The SMILES string of the molecule is OCCC(O)C(O)c1cccc2ncccc12. The number of rotatable bonds is 4. The topological polar surface area (TPSA) is 73.6 Å². The van der Waals surface area contributed by atoms with E-state index in [1.807, 2.05) is 12.1 Å². The van der Waals surface area contributed by atoms with Crippen LogP contribution in [0.25, 0.3) is 10.9 Å². The van der Waals surface area contributed by atoms with E-state index in [4.69, 9.17) is 5.11 Å². The molecule has 3 N–H and O–H groups in total. The van der Waals surface area contributed by atoms with Crippen molar-refractivity contribution in [2.75, 3.05) is 6.61 Å². The van der Waals surface area contributed by atoms with E-state index in [2.05, 4.69) is 4.98 Å². The van der Waals surface area contributed by atoms with Crippen molar-refractivity contribution in [3.63, 3.8) is 0 Å². The smallest absolute Gasteiger partial charge is 0.106 e. The number of aliphatic hydroxyl groups excluding tert-OH is 3. The lowest BCUT2D eigenvalue weighted by Gasteiger charge is -2.18. The predicted molar refractivity (Wildman–Crippen MR) is 64.4 cm³/mol. The van der Waals surface area contributed by atoms with E-state index < -0.39 is 12.2 Å². The molecule has 4 nitrogen and oxygen atoms in total. The first-order valence-corrected chi connectivity index (χ1v) is 5.54. The zero-order chi connectivity index (χ0) is 12.3. The van der Waals surface area contributed by atoms with Gasteiger partial charge in [-0.25, -0.2) is 0 Å². The Morgan fingerprint density at radius 1 is 1.12 bits per heavy atom. The molecule has 0 spiro atoms. The predicted octanol–water partition coefficient (Wildman–Crippen LogP) is 1.01. The van der Waals surface area contributed by atoms with Gasteiger partial charge in [0, 0.05) is 18.2 Å². The van der Waals surface area contributed by atoms with Crippen molar-refractivity contribution in [1.82, 2.24) is 4.98 Å². The first-order chi connectivity index (χ1) is 8.24. The van der Waals surface area contributed by atoms with Gasteiger partial charge in [0.15, 0.2) is 0 Å². The molecular formula is C13H15NO3. The monoisotopic (exact) mass is 233 g/mol. The Morgan fingerprint density at radius 2 is 1.94 bits per heavy atom. The van der Waals surface area contributed by atoms with Gasteiger partial charge in [0.25, 0.3) is 0 Å². The minimum Gasteiger partial charge on any atom is -0.396 e. The zero-order valence-corrected chi connectivity index (χ0v) is 9.32. The Hall–Kier alpha value is -1.49. The molecule has 0 amide bonds. The van der Waals surface area contributed by atoms with Crippen LogP contribution in [0.15, 0.2) is 36.5 Å². The van der Waals surface area contributed by atoms with Crippen molar-refractivity contribution in [2.24, 2.45) is 0 Å². The maximum absolute atomic E-state index is 10.0. The third kappa shape index (κ3) is 2.44. The van der Waals surface area contributed by atoms with E-state index in [0.717, 1.165) is 10.9 Å². The van der Waals surface area contributed by atoms with Crippen LogP contribution in [-0.4, -0.2) is 33.0 Å². The van der Waals surface area contributed by atoms with Crippen LogP contribution in [0.4, 0.5) is 0 Å². The molecule has 1 heterocycles. The quantitative estimate of drug-likeness (QED) is 0.737. The molecule has 0 saturated carbocycles. The molecule has 2 unspecified atom stereocenters. The largest absolute Gasteiger partial charge is 0.396 e. The van der Waals surface area contributed by atoms with Crippen LogP contribution in [-0.2, 0) is 0 Å². The minimum absolute atomic E-state index is 0.151. The number of nitrogens with zero attached hydrogens (tertiary/aromatic N) is 1. The molecule has 2 rings (SSSR count). The summed E-state index contributed by atoms with van der Waals surface area (Å²) in [5.74, 6) is 0. The molecule has 0 bridgehead atoms. The summed E-state index contributed by atoms with van der Waals surface area (Å²) in [6.45, 7) is -0.152. The number of benzene rings is 1. The van der Waals surface area contributed by atoms with Crippen LogP contribution in [0.2, 0.25) is 0 Å². The van der Waals surface area contributed by atoms with Crippen molar-refractivity contribution in [3.05, 3.63) is 42.1 Å². The summed E-state index contributed by atoms with van der Waals surface area (Å²) < 4.78 is 0. The average Bonchev–Trinajstić information content (AvgIpc) is 2.37. The Balaban J connectivity index is 2.41. The van der Waals surface area contributed by atoms with Gasteiger partial charge in [-0.1, -0.05) is 18.2 Å². The standard InChI is InChI=1S/C13H15NO3/c15-8-6-12(16)13(17)10-3-1-5-11-9(10)4-2-7-14-11/h1-5,7,12-13,15-17H,6,8H2. The molecule has 0 aliphatic rings. The number of fused-ring (bicyclic) bond motifs is 1. The number of hydrogen-bond acceptors (Lipinski definition) is 4.